The van der Waals surface area contributed by atoms with Crippen LogP contribution < -0.4 is 5.32 Å². The molecule has 0 spiro atoms. The molecule has 174 valence electrons. The number of para-hydroxylation sites is 2. The quantitative estimate of drug-likeness (QED) is 0.226. The summed E-state index contributed by atoms with van der Waals surface area (Å²) in [5.74, 6) is 0.901. The number of nitrogens with zero attached hydrogens (tertiary/aromatic N) is 2. The third-order valence-electron chi connectivity index (χ3n) is 5.84. The van der Waals surface area contributed by atoms with E-state index in [0.29, 0.717) is 22.7 Å². The second-order valence-corrected chi connectivity index (χ2v) is 8.91. The molecule has 4 aromatic rings. The van der Waals surface area contributed by atoms with E-state index in [9.17, 15) is 9.59 Å². The molecule has 0 bridgehead atoms. The number of Topliss-reactive ketones (excluding diaryl/α,β-unsaturated/α-hetero) is 1. The molecule has 3 aromatic carbocycles. The number of carbonyl (C=O) groups excluding carboxylic acids is 2. The average Bonchev–Trinajstić information content (AvgIpc) is 3.18. The largest absolute Gasteiger partial charge is 0.352 e. The Morgan fingerprint density at radius 1 is 0.912 bits per heavy atom. The lowest BCUT2D eigenvalue weighted by Gasteiger charge is -2.09. The van der Waals surface area contributed by atoms with E-state index in [-0.39, 0.29) is 18.2 Å². The van der Waals surface area contributed by atoms with Crippen LogP contribution in [0.2, 0.25) is 5.02 Å². The van der Waals surface area contributed by atoms with Crippen LogP contribution in [0.1, 0.15) is 51.4 Å². The number of unbranched alkanes of at least 4 members (excludes halogenated alkanes) is 2. The van der Waals surface area contributed by atoms with Gasteiger partial charge in [0.1, 0.15) is 5.82 Å². The highest BCUT2D eigenvalue weighted by atomic mass is 35.5. The van der Waals surface area contributed by atoms with Gasteiger partial charge in [0.05, 0.1) is 17.6 Å². The zero-order chi connectivity index (χ0) is 23.9. The lowest BCUT2D eigenvalue weighted by Crippen LogP contribution is -2.24. The molecule has 0 aliphatic carbocycles. The van der Waals surface area contributed by atoms with Gasteiger partial charge in [-0.1, -0.05) is 47.9 Å². The molecule has 0 atom stereocenters. The minimum atomic E-state index is -0.0359. The topological polar surface area (TPSA) is 64.0 Å². The van der Waals surface area contributed by atoms with Gasteiger partial charge in [-0.05, 0) is 68.3 Å². The lowest BCUT2D eigenvalue weighted by molar-refractivity contribution is 0.0950. The molecule has 0 saturated heterocycles. The Labute approximate surface area is 204 Å². The molecule has 1 N–H and O–H groups in total. The molecular formula is C28H28ClN3O2. The van der Waals surface area contributed by atoms with Crippen LogP contribution in [0.4, 0.5) is 0 Å². The maximum atomic E-state index is 12.9. The van der Waals surface area contributed by atoms with E-state index in [1.807, 2.05) is 60.0 Å². The molecule has 34 heavy (non-hydrogen) atoms. The molecule has 1 amide bonds. The molecule has 0 aliphatic rings. The summed E-state index contributed by atoms with van der Waals surface area (Å²) in [6.07, 6.45) is 3.55. The number of amides is 1. The summed E-state index contributed by atoms with van der Waals surface area (Å²) in [7, 11) is 0. The maximum absolute atomic E-state index is 12.9. The first-order valence-corrected chi connectivity index (χ1v) is 12.0. The molecule has 1 heterocycles. The summed E-state index contributed by atoms with van der Waals surface area (Å²) < 4.78 is 2.02. The summed E-state index contributed by atoms with van der Waals surface area (Å²) in [6, 6.07) is 22.5. The smallest absolute Gasteiger partial charge is 0.251 e. The summed E-state index contributed by atoms with van der Waals surface area (Å²) in [4.78, 5) is 30.0. The Hall–Kier alpha value is -3.44. The number of carbonyl (C=O) groups is 2. The van der Waals surface area contributed by atoms with E-state index in [1.165, 1.54) is 0 Å². The fourth-order valence-electron chi connectivity index (χ4n) is 4.04. The van der Waals surface area contributed by atoms with Crippen LogP contribution in [-0.2, 0) is 13.0 Å². The Morgan fingerprint density at radius 3 is 2.50 bits per heavy atom. The van der Waals surface area contributed by atoms with Crippen molar-refractivity contribution in [2.75, 3.05) is 6.54 Å². The molecule has 1 aromatic heterocycles. The molecule has 0 radical (unpaired) electrons. The number of nitrogens with one attached hydrogen (secondary N) is 1. The fraction of sp³-hybridized carbons (Fsp3) is 0.250. The zero-order valence-electron chi connectivity index (χ0n) is 19.3. The van der Waals surface area contributed by atoms with Crippen molar-refractivity contribution in [1.29, 1.82) is 0 Å². The minimum Gasteiger partial charge on any atom is -0.352 e. The molecule has 6 heteroatoms. The second kappa shape index (κ2) is 11.1. The van der Waals surface area contributed by atoms with Crippen molar-refractivity contribution in [3.63, 3.8) is 0 Å². The lowest BCUT2D eigenvalue weighted by atomic mass is 10.1. The van der Waals surface area contributed by atoms with E-state index in [1.54, 1.807) is 24.3 Å². The van der Waals surface area contributed by atoms with Gasteiger partial charge in [-0.25, -0.2) is 4.98 Å². The first-order chi connectivity index (χ1) is 16.5. The van der Waals surface area contributed by atoms with Gasteiger partial charge in [-0.2, -0.15) is 0 Å². The van der Waals surface area contributed by atoms with E-state index >= 15 is 0 Å². The highest BCUT2D eigenvalue weighted by Gasteiger charge is 2.15. The van der Waals surface area contributed by atoms with E-state index < -0.39 is 0 Å². The molecule has 4 rings (SSSR count). The van der Waals surface area contributed by atoms with Gasteiger partial charge < -0.3 is 9.88 Å². The molecule has 0 saturated carbocycles. The van der Waals surface area contributed by atoms with Crippen molar-refractivity contribution in [3.05, 3.63) is 100 Å². The van der Waals surface area contributed by atoms with Crippen LogP contribution >= 0.6 is 11.6 Å². The second-order valence-electron chi connectivity index (χ2n) is 8.47. The van der Waals surface area contributed by atoms with Gasteiger partial charge in [0.2, 0.25) is 0 Å². The number of imidazole rings is 1. The minimum absolute atomic E-state index is 0.0277. The van der Waals surface area contributed by atoms with Gasteiger partial charge in [-0.3, -0.25) is 9.59 Å². The summed E-state index contributed by atoms with van der Waals surface area (Å²) in [5, 5.41) is 3.60. The van der Waals surface area contributed by atoms with Crippen LogP contribution in [0.3, 0.4) is 0 Å². The Bertz CT molecular complexity index is 1290. The average molecular weight is 474 g/mol. The van der Waals surface area contributed by atoms with E-state index in [4.69, 9.17) is 16.6 Å². The number of hydrogen-bond acceptors (Lipinski definition) is 3. The predicted octanol–water partition coefficient (Wildman–Crippen LogP) is 6.02. The molecular weight excluding hydrogens is 446 g/mol. The van der Waals surface area contributed by atoms with Crippen molar-refractivity contribution in [2.45, 2.75) is 39.2 Å². The van der Waals surface area contributed by atoms with E-state index in [2.05, 4.69) is 5.32 Å². The number of ketones is 1. The zero-order valence-corrected chi connectivity index (χ0v) is 20.0. The summed E-state index contributed by atoms with van der Waals surface area (Å²) >= 11 is 5.96. The first-order valence-electron chi connectivity index (χ1n) is 11.6. The Morgan fingerprint density at radius 2 is 1.71 bits per heavy atom. The van der Waals surface area contributed by atoms with Crippen LogP contribution in [0.25, 0.3) is 11.0 Å². The van der Waals surface area contributed by atoms with Crippen molar-refractivity contribution in [3.8, 4) is 0 Å². The number of halogens is 1. The van der Waals surface area contributed by atoms with Gasteiger partial charge in [0.15, 0.2) is 5.78 Å². The van der Waals surface area contributed by atoms with Crippen molar-refractivity contribution in [1.82, 2.24) is 14.9 Å². The first kappa shape index (κ1) is 23.7. The van der Waals surface area contributed by atoms with Gasteiger partial charge in [-0.15, -0.1) is 0 Å². The number of aryl methyl sites for hydroxylation is 2. The molecule has 0 aliphatic heterocycles. The van der Waals surface area contributed by atoms with Gasteiger partial charge in [0, 0.05) is 29.1 Å². The van der Waals surface area contributed by atoms with Crippen LogP contribution in [0.5, 0.6) is 0 Å². The van der Waals surface area contributed by atoms with Crippen molar-refractivity contribution < 1.29 is 9.59 Å². The maximum Gasteiger partial charge on any atom is 0.251 e. The van der Waals surface area contributed by atoms with E-state index in [0.717, 1.165) is 48.1 Å². The number of rotatable bonds is 10. The number of aromatic nitrogens is 2. The highest BCUT2D eigenvalue weighted by molar-refractivity contribution is 6.30. The molecule has 5 nitrogen and oxygen atoms in total. The molecule has 0 unspecified atom stereocenters. The third kappa shape index (κ3) is 5.91. The fourth-order valence-corrected chi connectivity index (χ4v) is 4.16. The number of benzene rings is 3. The summed E-state index contributed by atoms with van der Waals surface area (Å²) in [6.45, 7) is 2.86. The Kier molecular flexibility index (Phi) is 7.76. The van der Waals surface area contributed by atoms with Crippen molar-refractivity contribution >= 4 is 34.3 Å². The monoisotopic (exact) mass is 473 g/mol. The van der Waals surface area contributed by atoms with Gasteiger partial charge in [0.25, 0.3) is 5.91 Å². The third-order valence-corrected chi connectivity index (χ3v) is 6.10. The standard InChI is InChI=1S/C28H28ClN3O2/c1-20-8-7-9-22(18-20)28(34)30-17-6-2-3-12-27-31-24-10-4-5-11-25(24)32(27)19-26(33)21-13-15-23(29)16-14-21/h4-5,7-11,13-16,18H,2-3,6,12,17,19H2,1H3,(H,30,34). The highest BCUT2D eigenvalue weighted by Crippen LogP contribution is 2.19. The van der Waals surface area contributed by atoms with Crippen LogP contribution in [-0.4, -0.2) is 27.8 Å². The predicted molar refractivity (Wildman–Crippen MR) is 137 cm³/mol. The van der Waals surface area contributed by atoms with Crippen LogP contribution in [0.15, 0.2) is 72.8 Å². The van der Waals surface area contributed by atoms with Gasteiger partial charge >= 0.3 is 0 Å². The summed E-state index contributed by atoms with van der Waals surface area (Å²) in [5.41, 5.74) is 4.26. The number of hydrogen-bond donors (Lipinski definition) is 1. The molecule has 0 fully saturated rings. The van der Waals surface area contributed by atoms with Crippen LogP contribution in [0, 0.1) is 6.92 Å². The number of fused-ring (bicyclic) bond motifs is 1. The SMILES string of the molecule is Cc1cccc(C(=O)NCCCCCc2nc3ccccc3n2CC(=O)c2ccc(Cl)cc2)c1. The van der Waals surface area contributed by atoms with Crippen molar-refractivity contribution in [2.24, 2.45) is 0 Å². The normalized spacial score (nSPS) is 11.0. The Balaban J connectivity index is 1.33.